The van der Waals surface area contributed by atoms with Gasteiger partial charge < -0.3 is 4.74 Å². The number of amides is 1. The zero-order valence-corrected chi connectivity index (χ0v) is 16.1. The Kier molecular flexibility index (Phi) is 6.02. The topological polar surface area (TPSA) is 97.4 Å². The van der Waals surface area contributed by atoms with Crippen molar-refractivity contribution in [2.75, 3.05) is 25.6 Å². The summed E-state index contributed by atoms with van der Waals surface area (Å²) in [5.74, 6) is -0.299. The molecular formula is C17H21N3O4S2. The van der Waals surface area contributed by atoms with Gasteiger partial charge in [0.15, 0.2) is 5.13 Å². The van der Waals surface area contributed by atoms with Gasteiger partial charge >= 0.3 is 0 Å². The van der Waals surface area contributed by atoms with Crippen LogP contribution in [0.2, 0.25) is 0 Å². The fraction of sp³-hybridized carbons (Fsp3) is 0.412. The summed E-state index contributed by atoms with van der Waals surface area (Å²) in [6, 6.07) is 5.81. The van der Waals surface area contributed by atoms with Crippen molar-refractivity contribution in [1.29, 1.82) is 0 Å². The van der Waals surface area contributed by atoms with Crippen molar-refractivity contribution >= 4 is 32.4 Å². The highest BCUT2D eigenvalue weighted by molar-refractivity contribution is 7.89. The molecule has 0 saturated heterocycles. The second kappa shape index (κ2) is 8.26. The van der Waals surface area contributed by atoms with Crippen LogP contribution in [0.3, 0.4) is 0 Å². The Balaban J connectivity index is 1.66. The fourth-order valence-corrected chi connectivity index (χ4v) is 4.78. The number of sulfonamides is 1. The van der Waals surface area contributed by atoms with Crippen LogP contribution in [0, 0.1) is 0 Å². The summed E-state index contributed by atoms with van der Waals surface area (Å²) in [5, 5.41) is 3.40. The zero-order valence-electron chi connectivity index (χ0n) is 14.4. The van der Waals surface area contributed by atoms with E-state index >= 15 is 0 Å². The standard InChI is InChI=1S/C17H21N3O4S2/c1-24-11-10-18-26(22,23)13-8-6-12(7-9-13)16(21)20-17-19-14-4-2-3-5-15(14)25-17/h6-9,18H,2-5,10-11H2,1H3,(H,19,20,21). The molecule has 0 spiro atoms. The Bertz CT molecular complexity index is 852. The summed E-state index contributed by atoms with van der Waals surface area (Å²) < 4.78 is 31.5. The number of benzene rings is 1. The minimum Gasteiger partial charge on any atom is -0.383 e. The molecule has 7 nitrogen and oxygen atoms in total. The Morgan fingerprint density at radius 3 is 2.65 bits per heavy atom. The molecule has 0 fully saturated rings. The minimum absolute atomic E-state index is 0.106. The molecule has 0 saturated carbocycles. The number of aryl methyl sites for hydroxylation is 2. The number of rotatable bonds is 7. The monoisotopic (exact) mass is 395 g/mol. The van der Waals surface area contributed by atoms with Gasteiger partial charge in [-0.1, -0.05) is 0 Å². The van der Waals surface area contributed by atoms with E-state index in [-0.39, 0.29) is 24.0 Å². The number of hydrogen-bond acceptors (Lipinski definition) is 6. The molecule has 0 atom stereocenters. The lowest BCUT2D eigenvalue weighted by Crippen LogP contribution is -2.27. The first-order chi connectivity index (χ1) is 12.5. The number of anilines is 1. The molecule has 1 amide bonds. The highest BCUT2D eigenvalue weighted by atomic mass is 32.2. The molecule has 0 radical (unpaired) electrons. The van der Waals surface area contributed by atoms with Crippen LogP contribution in [0.25, 0.3) is 0 Å². The van der Waals surface area contributed by atoms with Crippen LogP contribution < -0.4 is 10.0 Å². The predicted molar refractivity (Wildman–Crippen MR) is 100 cm³/mol. The van der Waals surface area contributed by atoms with Crippen LogP contribution in [-0.2, 0) is 27.6 Å². The quantitative estimate of drug-likeness (QED) is 0.701. The summed E-state index contributed by atoms with van der Waals surface area (Å²) in [4.78, 5) is 18.2. The van der Waals surface area contributed by atoms with Crippen molar-refractivity contribution in [3.8, 4) is 0 Å². The number of aromatic nitrogens is 1. The van der Waals surface area contributed by atoms with Crippen LogP contribution in [-0.4, -0.2) is 39.6 Å². The molecule has 2 N–H and O–H groups in total. The summed E-state index contributed by atoms with van der Waals surface area (Å²) in [5.41, 5.74) is 1.47. The third kappa shape index (κ3) is 4.47. The molecular weight excluding hydrogens is 374 g/mol. The van der Waals surface area contributed by atoms with Gasteiger partial charge in [-0.05, 0) is 49.9 Å². The van der Waals surface area contributed by atoms with Crippen LogP contribution in [0.5, 0.6) is 0 Å². The van der Waals surface area contributed by atoms with Gasteiger partial charge in [0.25, 0.3) is 5.91 Å². The molecule has 1 aromatic carbocycles. The molecule has 3 rings (SSSR count). The summed E-state index contributed by atoms with van der Waals surface area (Å²) in [7, 11) is -2.11. The van der Waals surface area contributed by atoms with Gasteiger partial charge in [0.1, 0.15) is 0 Å². The van der Waals surface area contributed by atoms with E-state index in [1.165, 1.54) is 47.6 Å². The average Bonchev–Trinajstić information content (AvgIpc) is 3.04. The van der Waals surface area contributed by atoms with E-state index < -0.39 is 10.0 Å². The minimum atomic E-state index is -3.61. The zero-order chi connectivity index (χ0) is 18.6. The molecule has 0 unspecified atom stereocenters. The second-order valence-corrected chi connectivity index (χ2v) is 8.82. The molecule has 2 aromatic rings. The number of ether oxygens (including phenoxy) is 1. The average molecular weight is 396 g/mol. The first kappa shape index (κ1) is 19.0. The van der Waals surface area contributed by atoms with E-state index in [9.17, 15) is 13.2 Å². The van der Waals surface area contributed by atoms with Gasteiger partial charge in [-0.3, -0.25) is 10.1 Å². The smallest absolute Gasteiger partial charge is 0.257 e. The maximum absolute atomic E-state index is 12.4. The lowest BCUT2D eigenvalue weighted by Gasteiger charge is -2.07. The summed E-state index contributed by atoms with van der Waals surface area (Å²) in [6.07, 6.45) is 4.28. The number of carbonyl (C=O) groups is 1. The maximum atomic E-state index is 12.4. The third-order valence-electron chi connectivity index (χ3n) is 4.09. The number of nitrogens with one attached hydrogen (secondary N) is 2. The van der Waals surface area contributed by atoms with E-state index in [1.54, 1.807) is 0 Å². The largest absolute Gasteiger partial charge is 0.383 e. The Morgan fingerprint density at radius 1 is 1.23 bits per heavy atom. The van der Waals surface area contributed by atoms with Crippen LogP contribution in [0.4, 0.5) is 5.13 Å². The maximum Gasteiger partial charge on any atom is 0.257 e. The molecule has 1 aliphatic carbocycles. The van der Waals surface area contributed by atoms with Crippen molar-refractivity contribution < 1.29 is 17.9 Å². The van der Waals surface area contributed by atoms with Gasteiger partial charge in [-0.15, -0.1) is 11.3 Å². The van der Waals surface area contributed by atoms with Gasteiger partial charge in [-0.2, -0.15) is 0 Å². The summed E-state index contributed by atoms with van der Waals surface area (Å²) >= 11 is 1.52. The lowest BCUT2D eigenvalue weighted by atomic mass is 10.0. The molecule has 140 valence electrons. The number of carbonyl (C=O) groups excluding carboxylic acids is 1. The molecule has 0 aliphatic heterocycles. The molecule has 1 heterocycles. The first-order valence-corrected chi connectivity index (χ1v) is 10.7. The molecule has 1 aliphatic rings. The number of thiazole rings is 1. The van der Waals surface area contributed by atoms with Crippen LogP contribution >= 0.6 is 11.3 Å². The molecule has 26 heavy (non-hydrogen) atoms. The Hall–Kier alpha value is -1.81. The Morgan fingerprint density at radius 2 is 1.96 bits per heavy atom. The van der Waals surface area contributed by atoms with Crippen LogP contribution in [0.15, 0.2) is 29.2 Å². The van der Waals surface area contributed by atoms with E-state index in [0.717, 1.165) is 31.4 Å². The molecule has 9 heteroatoms. The number of methoxy groups -OCH3 is 1. The highest BCUT2D eigenvalue weighted by Crippen LogP contribution is 2.29. The van der Waals surface area contributed by atoms with E-state index in [0.29, 0.717) is 10.7 Å². The van der Waals surface area contributed by atoms with E-state index in [4.69, 9.17) is 4.74 Å². The number of nitrogens with zero attached hydrogens (tertiary/aromatic N) is 1. The first-order valence-electron chi connectivity index (χ1n) is 8.38. The van der Waals surface area contributed by atoms with Crippen molar-refractivity contribution in [3.63, 3.8) is 0 Å². The lowest BCUT2D eigenvalue weighted by molar-refractivity contribution is 0.102. The number of fused-ring (bicyclic) bond motifs is 1. The van der Waals surface area contributed by atoms with E-state index in [1.807, 2.05) is 0 Å². The van der Waals surface area contributed by atoms with Crippen molar-refractivity contribution in [2.24, 2.45) is 0 Å². The van der Waals surface area contributed by atoms with Crippen molar-refractivity contribution in [1.82, 2.24) is 9.71 Å². The molecule has 0 bridgehead atoms. The van der Waals surface area contributed by atoms with Gasteiger partial charge in [0.05, 0.1) is 17.2 Å². The van der Waals surface area contributed by atoms with Crippen LogP contribution in [0.1, 0.15) is 33.8 Å². The van der Waals surface area contributed by atoms with Gasteiger partial charge in [0, 0.05) is 24.1 Å². The van der Waals surface area contributed by atoms with Gasteiger partial charge in [0.2, 0.25) is 10.0 Å². The van der Waals surface area contributed by atoms with Crippen molar-refractivity contribution in [2.45, 2.75) is 30.6 Å². The fourth-order valence-electron chi connectivity index (χ4n) is 2.72. The second-order valence-electron chi connectivity index (χ2n) is 5.97. The number of hydrogen-bond donors (Lipinski definition) is 2. The highest BCUT2D eigenvalue weighted by Gasteiger charge is 2.18. The normalized spacial score (nSPS) is 14.0. The predicted octanol–water partition coefficient (Wildman–Crippen LogP) is 2.20. The van der Waals surface area contributed by atoms with Gasteiger partial charge in [-0.25, -0.2) is 18.1 Å². The SMILES string of the molecule is COCCNS(=O)(=O)c1ccc(C(=O)Nc2nc3c(s2)CCCC3)cc1. The third-order valence-corrected chi connectivity index (χ3v) is 6.64. The van der Waals surface area contributed by atoms with E-state index in [2.05, 4.69) is 15.0 Å². The molecule has 1 aromatic heterocycles. The summed E-state index contributed by atoms with van der Waals surface area (Å²) in [6.45, 7) is 0.479. The Labute approximate surface area is 156 Å². The van der Waals surface area contributed by atoms with Crippen molar-refractivity contribution in [3.05, 3.63) is 40.4 Å².